The lowest BCUT2D eigenvalue weighted by atomic mass is 10.1. The lowest BCUT2D eigenvalue weighted by Crippen LogP contribution is -2.23. The lowest BCUT2D eigenvalue weighted by Gasteiger charge is -2.15. The van der Waals surface area contributed by atoms with Gasteiger partial charge in [0.2, 0.25) is 0 Å². The number of anilines is 1. The maximum atomic E-state index is 13.0. The number of carbonyl (C=O) groups is 2. The van der Waals surface area contributed by atoms with E-state index in [9.17, 15) is 22.8 Å². The van der Waals surface area contributed by atoms with E-state index in [1.807, 2.05) is 22.1 Å². The zero-order chi connectivity index (χ0) is 21.0. The molecule has 2 aromatic heterocycles. The van der Waals surface area contributed by atoms with Crippen molar-refractivity contribution in [2.45, 2.75) is 12.6 Å². The van der Waals surface area contributed by atoms with Crippen LogP contribution in [-0.4, -0.2) is 23.5 Å². The number of benzene rings is 1. The van der Waals surface area contributed by atoms with Crippen molar-refractivity contribution in [2.75, 3.05) is 11.9 Å². The quantitative estimate of drug-likeness (QED) is 0.509. The summed E-state index contributed by atoms with van der Waals surface area (Å²) in [6.45, 7) is -0.747. The zero-order valence-corrected chi connectivity index (χ0v) is 16.8. The van der Waals surface area contributed by atoms with Gasteiger partial charge in [-0.2, -0.15) is 24.5 Å². The van der Waals surface area contributed by atoms with E-state index in [1.54, 1.807) is 5.38 Å². The molecule has 5 nitrogen and oxygen atoms in total. The Labute approximate surface area is 176 Å². The normalized spacial score (nSPS) is 11.3. The van der Waals surface area contributed by atoms with Crippen molar-refractivity contribution in [3.8, 4) is 10.6 Å². The van der Waals surface area contributed by atoms with Gasteiger partial charge < -0.3 is 10.1 Å². The topological polar surface area (TPSA) is 68.3 Å². The molecule has 0 fully saturated rings. The zero-order valence-electron chi connectivity index (χ0n) is 14.5. The second kappa shape index (κ2) is 8.93. The Morgan fingerprint density at radius 1 is 1.21 bits per heavy atom. The Bertz CT molecular complexity index is 1020. The molecule has 29 heavy (non-hydrogen) atoms. The van der Waals surface area contributed by atoms with Gasteiger partial charge in [-0.15, -0.1) is 11.3 Å². The fourth-order valence-corrected chi connectivity index (χ4v) is 4.07. The summed E-state index contributed by atoms with van der Waals surface area (Å²) in [6.07, 6.45) is -4.86. The maximum Gasteiger partial charge on any atom is 0.418 e. The molecule has 0 unspecified atom stereocenters. The molecular weight excluding hydrogens is 449 g/mol. The van der Waals surface area contributed by atoms with E-state index >= 15 is 0 Å². The van der Waals surface area contributed by atoms with Gasteiger partial charge in [0.25, 0.3) is 5.91 Å². The third-order valence-electron chi connectivity index (χ3n) is 3.59. The van der Waals surface area contributed by atoms with E-state index in [4.69, 9.17) is 16.3 Å². The fraction of sp³-hybridized carbons (Fsp3) is 0.167. The first kappa shape index (κ1) is 21.3. The predicted molar refractivity (Wildman–Crippen MR) is 105 cm³/mol. The van der Waals surface area contributed by atoms with Crippen LogP contribution in [0, 0.1) is 0 Å². The molecule has 152 valence electrons. The van der Waals surface area contributed by atoms with E-state index in [0.29, 0.717) is 5.69 Å². The van der Waals surface area contributed by atoms with Gasteiger partial charge in [-0.25, -0.2) is 4.98 Å². The smallest absolute Gasteiger partial charge is 0.418 e. The molecule has 3 aromatic rings. The summed E-state index contributed by atoms with van der Waals surface area (Å²) in [4.78, 5) is 28.2. The minimum Gasteiger partial charge on any atom is -0.455 e. The van der Waals surface area contributed by atoms with Crippen LogP contribution in [0.2, 0.25) is 5.02 Å². The number of nitrogens with one attached hydrogen (secondary N) is 1. The molecule has 0 bridgehead atoms. The van der Waals surface area contributed by atoms with Crippen LogP contribution < -0.4 is 5.32 Å². The monoisotopic (exact) mass is 460 g/mol. The van der Waals surface area contributed by atoms with Crippen molar-refractivity contribution >= 4 is 51.8 Å². The molecule has 0 spiro atoms. The summed E-state index contributed by atoms with van der Waals surface area (Å²) in [7, 11) is 0. The number of alkyl halides is 3. The molecule has 0 saturated heterocycles. The number of esters is 1. The van der Waals surface area contributed by atoms with Crippen LogP contribution in [0.25, 0.3) is 10.6 Å². The predicted octanol–water partition coefficient (Wildman–Crippen LogP) is 5.27. The third kappa shape index (κ3) is 5.55. The van der Waals surface area contributed by atoms with Crippen LogP contribution in [0.3, 0.4) is 0 Å². The third-order valence-corrected chi connectivity index (χ3v) is 5.53. The average Bonchev–Trinajstić information content (AvgIpc) is 3.32. The highest BCUT2D eigenvalue weighted by Gasteiger charge is 2.34. The standard InChI is InChI=1S/C18H12ClF3N2O3S2/c19-13-3-1-2-12(18(20,21)22)16(13)24-14(25)7-27-15(26)6-11-9-29-17(23-11)10-4-5-28-8-10/h1-5,8-9H,6-7H2,(H,24,25). The maximum absolute atomic E-state index is 13.0. The number of halogens is 4. The highest BCUT2D eigenvalue weighted by molar-refractivity contribution is 7.14. The fourth-order valence-electron chi connectivity index (χ4n) is 2.31. The van der Waals surface area contributed by atoms with Gasteiger partial charge in [0.1, 0.15) is 5.01 Å². The minimum atomic E-state index is -4.70. The molecule has 1 amide bonds. The number of thiazole rings is 1. The number of amides is 1. The van der Waals surface area contributed by atoms with Crippen LogP contribution in [0.5, 0.6) is 0 Å². The Kier molecular flexibility index (Phi) is 6.56. The van der Waals surface area contributed by atoms with Crippen LogP contribution in [-0.2, 0) is 26.9 Å². The second-order valence-electron chi connectivity index (χ2n) is 5.70. The first-order valence-corrected chi connectivity index (χ1v) is 10.2. The summed E-state index contributed by atoms with van der Waals surface area (Å²) in [5, 5.41) is 8.06. The molecule has 1 N–H and O–H groups in total. The summed E-state index contributed by atoms with van der Waals surface area (Å²) in [5.74, 6) is -1.66. The number of aromatic nitrogens is 1. The van der Waals surface area contributed by atoms with Crippen molar-refractivity contribution in [3.05, 3.63) is 56.7 Å². The van der Waals surface area contributed by atoms with Gasteiger partial charge >= 0.3 is 12.1 Å². The van der Waals surface area contributed by atoms with Crippen molar-refractivity contribution in [1.82, 2.24) is 4.98 Å². The van der Waals surface area contributed by atoms with Gasteiger partial charge in [0.05, 0.1) is 28.4 Å². The average molecular weight is 461 g/mol. The van der Waals surface area contributed by atoms with Crippen molar-refractivity contribution in [1.29, 1.82) is 0 Å². The number of thiophene rings is 1. The molecule has 0 aliphatic carbocycles. The molecule has 2 heterocycles. The summed E-state index contributed by atoms with van der Waals surface area (Å²) in [6, 6.07) is 5.03. The van der Waals surface area contributed by atoms with E-state index in [2.05, 4.69) is 4.98 Å². The van der Waals surface area contributed by atoms with E-state index in [1.165, 1.54) is 28.7 Å². The van der Waals surface area contributed by atoms with Gasteiger partial charge in [0.15, 0.2) is 6.61 Å². The summed E-state index contributed by atoms with van der Waals surface area (Å²) in [5.41, 5.74) is -0.248. The van der Waals surface area contributed by atoms with Gasteiger partial charge in [-0.3, -0.25) is 9.59 Å². The largest absolute Gasteiger partial charge is 0.455 e. The number of rotatable bonds is 6. The Hall–Kier alpha value is -2.43. The van der Waals surface area contributed by atoms with E-state index in [0.717, 1.165) is 22.7 Å². The van der Waals surface area contributed by atoms with E-state index < -0.39 is 35.9 Å². The van der Waals surface area contributed by atoms with Crippen LogP contribution >= 0.6 is 34.3 Å². The molecular formula is C18H12ClF3N2O3S2. The SMILES string of the molecule is O=C(COC(=O)Cc1csc(-c2ccsc2)n1)Nc1c(Cl)cccc1C(F)(F)F. The Morgan fingerprint density at radius 2 is 2.00 bits per heavy atom. The van der Waals surface area contributed by atoms with Crippen LogP contribution in [0.1, 0.15) is 11.3 Å². The van der Waals surface area contributed by atoms with Gasteiger partial charge in [-0.1, -0.05) is 17.7 Å². The number of ether oxygens (including phenoxy) is 1. The number of hydrogen-bond acceptors (Lipinski definition) is 6. The Morgan fingerprint density at radius 3 is 2.69 bits per heavy atom. The number of carbonyl (C=O) groups excluding carboxylic acids is 2. The van der Waals surface area contributed by atoms with Crippen LogP contribution in [0.4, 0.5) is 18.9 Å². The first-order valence-electron chi connectivity index (χ1n) is 8.02. The second-order valence-corrected chi connectivity index (χ2v) is 7.75. The molecule has 0 atom stereocenters. The lowest BCUT2D eigenvalue weighted by molar-refractivity contribution is -0.146. The van der Waals surface area contributed by atoms with Crippen LogP contribution in [0.15, 0.2) is 40.4 Å². The number of hydrogen-bond donors (Lipinski definition) is 1. The molecule has 0 saturated carbocycles. The molecule has 3 rings (SSSR count). The van der Waals surface area contributed by atoms with Gasteiger partial charge in [-0.05, 0) is 23.6 Å². The minimum absolute atomic E-state index is 0.159. The first-order chi connectivity index (χ1) is 13.7. The van der Waals surface area contributed by atoms with Gasteiger partial charge in [0, 0.05) is 16.3 Å². The summed E-state index contributed by atoms with van der Waals surface area (Å²) >= 11 is 8.66. The number of nitrogens with zero attached hydrogens (tertiary/aromatic N) is 1. The number of para-hydroxylation sites is 1. The molecule has 0 aliphatic heterocycles. The molecule has 0 aliphatic rings. The highest BCUT2D eigenvalue weighted by Crippen LogP contribution is 2.38. The van der Waals surface area contributed by atoms with Crippen molar-refractivity contribution < 1.29 is 27.5 Å². The Balaban J connectivity index is 1.56. The molecule has 0 radical (unpaired) electrons. The van der Waals surface area contributed by atoms with Crippen molar-refractivity contribution in [2.24, 2.45) is 0 Å². The molecule has 11 heteroatoms. The summed E-state index contributed by atoms with van der Waals surface area (Å²) < 4.78 is 44.0. The van der Waals surface area contributed by atoms with E-state index in [-0.39, 0.29) is 11.4 Å². The van der Waals surface area contributed by atoms with Crippen molar-refractivity contribution in [3.63, 3.8) is 0 Å². The molecule has 1 aromatic carbocycles. The highest BCUT2D eigenvalue weighted by atomic mass is 35.5.